The van der Waals surface area contributed by atoms with E-state index in [1.165, 1.54) is 29.7 Å². The molecule has 5 nitrogen and oxygen atoms in total. The van der Waals surface area contributed by atoms with Gasteiger partial charge in [-0.15, -0.1) is 11.8 Å². The fraction of sp³-hybridized carbons (Fsp3) is 0.333. The van der Waals surface area contributed by atoms with Crippen molar-refractivity contribution in [2.75, 3.05) is 5.75 Å². The van der Waals surface area contributed by atoms with Crippen molar-refractivity contribution >= 4 is 51.6 Å². The molecule has 0 N–H and O–H groups in total. The molecule has 0 aliphatic rings. The molecule has 118 valence electrons. The van der Waals surface area contributed by atoms with Crippen LogP contribution in [0.25, 0.3) is 0 Å². The quantitative estimate of drug-likeness (QED) is 0.403. The molecule has 2 aromatic rings. The Hall–Kier alpha value is -0.880. The number of amides is 1. The number of thioether (sulfide) groups is 1. The lowest BCUT2D eigenvalue weighted by atomic mass is 10.3. The number of aromatic nitrogens is 3. The largest absolute Gasteiger partial charge is 0.348 e. The normalized spacial score (nSPS) is 12.7. The lowest BCUT2D eigenvalue weighted by Crippen LogP contribution is -2.15. The van der Waals surface area contributed by atoms with Gasteiger partial charge in [0.2, 0.25) is 4.80 Å². The van der Waals surface area contributed by atoms with Crippen LogP contribution in [0.1, 0.15) is 22.4 Å². The average molecular weight is 456 g/mol. The summed E-state index contributed by atoms with van der Waals surface area (Å²) in [7, 11) is 1.47. The third-order valence-corrected chi connectivity index (χ3v) is 5.29. The number of hydrogen-bond acceptors (Lipinski definition) is 5. The first kappa shape index (κ1) is 17.5. The molecular formula is C12H11F2IN4OS2. The molecule has 0 saturated heterocycles. The zero-order chi connectivity index (χ0) is 16.3. The van der Waals surface area contributed by atoms with Gasteiger partial charge in [-0.2, -0.15) is 18.9 Å². The summed E-state index contributed by atoms with van der Waals surface area (Å²) >= 11 is 3.14. The van der Waals surface area contributed by atoms with Crippen molar-refractivity contribution in [2.24, 2.45) is 12.0 Å². The van der Waals surface area contributed by atoms with Crippen molar-refractivity contribution in [2.45, 2.75) is 15.7 Å². The monoisotopic (exact) mass is 456 g/mol. The highest BCUT2D eigenvalue weighted by molar-refractivity contribution is 14.1. The smallest absolute Gasteiger partial charge is 0.265 e. The van der Waals surface area contributed by atoms with Gasteiger partial charge in [-0.1, -0.05) is 18.3 Å². The van der Waals surface area contributed by atoms with E-state index >= 15 is 0 Å². The lowest BCUT2D eigenvalue weighted by molar-refractivity contribution is 0.0990. The number of rotatable bonds is 4. The standard InChI is InChI=1S/C12H11F2IN4OS2/c1-3-21-7-5-4-6-16-8(7)9(20)17-11-19(2)18-10(22-11)12(13,14)15/h4-6H,3H2,1-2H3. The predicted molar refractivity (Wildman–Crippen MR) is 89.5 cm³/mol. The lowest BCUT2D eigenvalue weighted by Gasteiger charge is -2.02. The van der Waals surface area contributed by atoms with E-state index in [0.29, 0.717) is 16.2 Å². The van der Waals surface area contributed by atoms with E-state index < -0.39 is 14.8 Å². The minimum atomic E-state index is -3.09. The Morgan fingerprint density at radius 3 is 2.91 bits per heavy atom. The van der Waals surface area contributed by atoms with E-state index in [1.807, 2.05) is 6.92 Å². The number of alkyl halides is 3. The Bertz CT molecular complexity index is 754. The van der Waals surface area contributed by atoms with Gasteiger partial charge in [0.25, 0.3) is 5.91 Å². The molecule has 0 aromatic carbocycles. The van der Waals surface area contributed by atoms with E-state index in [1.54, 1.807) is 12.1 Å². The Balaban J connectivity index is 2.42. The molecule has 22 heavy (non-hydrogen) atoms. The van der Waals surface area contributed by atoms with E-state index in [9.17, 15) is 13.6 Å². The number of halogens is 3. The molecule has 0 atom stereocenters. The van der Waals surface area contributed by atoms with Crippen molar-refractivity contribution in [1.82, 2.24) is 14.8 Å². The fourth-order valence-corrected chi connectivity index (χ4v) is 3.48. The SMILES string of the molecule is CCSc1cccnc1C(=O)N=c1sc(C(F)(F)I)nn1C. The maximum Gasteiger partial charge on any atom is 0.348 e. The van der Waals surface area contributed by atoms with Crippen LogP contribution in [0.3, 0.4) is 0 Å². The van der Waals surface area contributed by atoms with Gasteiger partial charge < -0.3 is 0 Å². The number of hydrogen-bond donors (Lipinski definition) is 0. The molecule has 2 aromatic heterocycles. The van der Waals surface area contributed by atoms with Gasteiger partial charge in [0.1, 0.15) is 5.69 Å². The van der Waals surface area contributed by atoms with Crippen LogP contribution in [0.4, 0.5) is 8.78 Å². The minimum Gasteiger partial charge on any atom is -0.265 e. The van der Waals surface area contributed by atoms with E-state index in [0.717, 1.165) is 28.3 Å². The van der Waals surface area contributed by atoms with Crippen LogP contribution in [-0.2, 0) is 11.0 Å². The highest BCUT2D eigenvalue weighted by atomic mass is 127. The van der Waals surface area contributed by atoms with Gasteiger partial charge in [-0.3, -0.25) is 4.79 Å². The van der Waals surface area contributed by atoms with Crippen LogP contribution in [0.2, 0.25) is 0 Å². The molecule has 10 heteroatoms. The highest BCUT2D eigenvalue weighted by Gasteiger charge is 2.31. The summed E-state index contributed by atoms with van der Waals surface area (Å²) in [5.41, 5.74) is 0.213. The first-order valence-corrected chi connectivity index (χ1v) is 8.99. The first-order chi connectivity index (χ1) is 10.3. The molecule has 0 saturated carbocycles. The van der Waals surface area contributed by atoms with Crippen molar-refractivity contribution in [1.29, 1.82) is 0 Å². The third-order valence-electron chi connectivity index (χ3n) is 2.42. The summed E-state index contributed by atoms with van der Waals surface area (Å²) in [4.78, 5) is 21.0. The Morgan fingerprint density at radius 2 is 2.32 bits per heavy atom. The number of carbonyl (C=O) groups is 1. The summed E-state index contributed by atoms with van der Waals surface area (Å²) in [6, 6.07) is 3.51. The molecule has 0 fully saturated rings. The van der Waals surface area contributed by atoms with E-state index in [4.69, 9.17) is 0 Å². The fourth-order valence-electron chi connectivity index (χ4n) is 1.52. The van der Waals surface area contributed by atoms with Gasteiger partial charge in [0, 0.05) is 40.7 Å². The highest BCUT2D eigenvalue weighted by Crippen LogP contribution is 2.34. The molecule has 0 unspecified atom stereocenters. The summed E-state index contributed by atoms with van der Waals surface area (Å²) in [5, 5.41) is 3.30. The Kier molecular flexibility index (Phi) is 5.66. The molecule has 2 heterocycles. The van der Waals surface area contributed by atoms with Crippen molar-refractivity contribution < 1.29 is 13.6 Å². The summed E-state index contributed by atoms with van der Waals surface area (Å²) in [5.74, 6) is 0.213. The second-order valence-electron chi connectivity index (χ2n) is 4.01. The molecule has 0 aliphatic heterocycles. The molecule has 0 radical (unpaired) electrons. The predicted octanol–water partition coefficient (Wildman–Crippen LogP) is 3.21. The van der Waals surface area contributed by atoms with Gasteiger partial charge in [-0.05, 0) is 17.9 Å². The van der Waals surface area contributed by atoms with Crippen molar-refractivity contribution in [3.05, 3.63) is 33.8 Å². The van der Waals surface area contributed by atoms with Crippen molar-refractivity contribution in [3.63, 3.8) is 0 Å². The molecule has 0 bridgehead atoms. The summed E-state index contributed by atoms with van der Waals surface area (Å²) < 4.78 is 24.6. The van der Waals surface area contributed by atoms with Crippen LogP contribution in [0, 0.1) is 0 Å². The Morgan fingerprint density at radius 1 is 1.59 bits per heavy atom. The summed E-state index contributed by atoms with van der Waals surface area (Å²) in [6.45, 7) is 1.96. The van der Waals surface area contributed by atoms with Crippen LogP contribution in [0.15, 0.2) is 28.2 Å². The number of nitrogens with zero attached hydrogens (tertiary/aromatic N) is 4. The molecular weight excluding hydrogens is 445 g/mol. The molecule has 1 amide bonds. The maximum absolute atomic E-state index is 13.3. The van der Waals surface area contributed by atoms with E-state index in [-0.39, 0.29) is 10.5 Å². The zero-order valence-electron chi connectivity index (χ0n) is 11.6. The summed E-state index contributed by atoms with van der Waals surface area (Å²) in [6.07, 6.45) is 1.50. The minimum absolute atomic E-state index is 0.106. The number of pyridine rings is 1. The second kappa shape index (κ2) is 7.13. The van der Waals surface area contributed by atoms with Gasteiger partial charge in [0.15, 0.2) is 5.01 Å². The Labute approximate surface area is 147 Å². The van der Waals surface area contributed by atoms with Crippen LogP contribution in [0.5, 0.6) is 0 Å². The van der Waals surface area contributed by atoms with Crippen LogP contribution < -0.4 is 4.80 Å². The molecule has 0 spiro atoms. The maximum atomic E-state index is 13.3. The first-order valence-electron chi connectivity index (χ1n) is 6.11. The van der Waals surface area contributed by atoms with Gasteiger partial charge in [-0.25, -0.2) is 9.67 Å². The molecule has 0 aliphatic carbocycles. The topological polar surface area (TPSA) is 60.1 Å². The number of carbonyl (C=O) groups excluding carboxylic acids is 1. The van der Waals surface area contributed by atoms with Crippen LogP contribution >= 0.6 is 45.7 Å². The number of aryl methyl sites for hydroxylation is 1. The average Bonchev–Trinajstić information content (AvgIpc) is 2.81. The molecule has 2 rings (SSSR count). The van der Waals surface area contributed by atoms with Crippen LogP contribution in [-0.4, -0.2) is 26.4 Å². The zero-order valence-corrected chi connectivity index (χ0v) is 15.4. The van der Waals surface area contributed by atoms with Gasteiger partial charge in [0.05, 0.1) is 0 Å². The van der Waals surface area contributed by atoms with Gasteiger partial charge >= 0.3 is 3.93 Å². The van der Waals surface area contributed by atoms with E-state index in [2.05, 4.69) is 15.1 Å². The van der Waals surface area contributed by atoms with Crippen molar-refractivity contribution in [3.8, 4) is 0 Å². The third kappa shape index (κ3) is 4.10. The second-order valence-corrected chi connectivity index (χ2v) is 7.63.